The predicted octanol–water partition coefficient (Wildman–Crippen LogP) is 2.33. The Morgan fingerprint density at radius 1 is 1.37 bits per heavy atom. The second-order valence-corrected chi connectivity index (χ2v) is 5.20. The lowest BCUT2D eigenvalue weighted by Gasteiger charge is -2.38. The molecule has 1 aromatic rings. The molecule has 0 aromatic heterocycles. The Morgan fingerprint density at radius 2 is 2.05 bits per heavy atom. The number of benzene rings is 1. The van der Waals surface area contributed by atoms with Crippen molar-refractivity contribution >= 4 is 23.3 Å². The van der Waals surface area contributed by atoms with Crippen LogP contribution in [0.1, 0.15) is 13.3 Å². The molecule has 1 atom stereocenters. The molecule has 0 radical (unpaired) electrons. The average molecular weight is 283 g/mol. The Hall–Kier alpha value is -1.26. The van der Waals surface area contributed by atoms with Gasteiger partial charge >= 0.3 is 5.97 Å². The maximum Gasteiger partial charge on any atom is 0.320 e. The van der Waals surface area contributed by atoms with Gasteiger partial charge in [-0.3, -0.25) is 9.69 Å². The molecule has 1 aromatic carbocycles. The van der Waals surface area contributed by atoms with Gasteiger partial charge in [0.15, 0.2) is 0 Å². The van der Waals surface area contributed by atoms with Gasteiger partial charge in [0.2, 0.25) is 0 Å². The van der Waals surface area contributed by atoms with Crippen molar-refractivity contribution in [3.63, 3.8) is 0 Å². The minimum Gasteiger partial charge on any atom is -0.480 e. The molecule has 0 unspecified atom stereocenters. The molecule has 0 saturated carbocycles. The van der Waals surface area contributed by atoms with Crippen LogP contribution >= 0.6 is 11.6 Å². The van der Waals surface area contributed by atoms with Crippen molar-refractivity contribution in [2.75, 3.05) is 31.1 Å². The number of nitrogens with zero attached hydrogens (tertiary/aromatic N) is 2. The molecular formula is C14H19ClN2O2. The van der Waals surface area contributed by atoms with Gasteiger partial charge in [0, 0.05) is 36.9 Å². The summed E-state index contributed by atoms with van der Waals surface area (Å²) >= 11 is 5.99. The number of piperazine rings is 1. The highest BCUT2D eigenvalue weighted by molar-refractivity contribution is 6.30. The van der Waals surface area contributed by atoms with E-state index in [9.17, 15) is 9.90 Å². The molecule has 0 aliphatic carbocycles. The first kappa shape index (κ1) is 14.2. The Bertz CT molecular complexity index is 445. The van der Waals surface area contributed by atoms with Crippen LogP contribution in [-0.4, -0.2) is 48.2 Å². The molecular weight excluding hydrogens is 264 g/mol. The highest BCUT2D eigenvalue weighted by Crippen LogP contribution is 2.21. The van der Waals surface area contributed by atoms with E-state index in [0.29, 0.717) is 6.42 Å². The first-order valence-corrected chi connectivity index (χ1v) is 6.97. The van der Waals surface area contributed by atoms with Crippen molar-refractivity contribution in [1.82, 2.24) is 4.90 Å². The van der Waals surface area contributed by atoms with Crippen LogP contribution in [-0.2, 0) is 4.79 Å². The van der Waals surface area contributed by atoms with Gasteiger partial charge < -0.3 is 10.0 Å². The van der Waals surface area contributed by atoms with Crippen molar-refractivity contribution in [2.24, 2.45) is 0 Å². The van der Waals surface area contributed by atoms with Crippen LogP contribution in [0.4, 0.5) is 5.69 Å². The second-order valence-electron chi connectivity index (χ2n) is 4.77. The predicted molar refractivity (Wildman–Crippen MR) is 77.0 cm³/mol. The molecule has 104 valence electrons. The van der Waals surface area contributed by atoms with E-state index in [1.165, 1.54) is 0 Å². The lowest BCUT2D eigenvalue weighted by molar-refractivity contribution is -0.143. The van der Waals surface area contributed by atoms with E-state index in [0.717, 1.165) is 36.9 Å². The third kappa shape index (κ3) is 3.39. The number of carboxylic acid groups (broad SMARTS) is 1. The molecule has 1 heterocycles. The summed E-state index contributed by atoms with van der Waals surface area (Å²) in [7, 11) is 0. The van der Waals surface area contributed by atoms with Crippen LogP contribution in [0.15, 0.2) is 24.3 Å². The number of rotatable bonds is 4. The monoisotopic (exact) mass is 282 g/mol. The lowest BCUT2D eigenvalue weighted by Crippen LogP contribution is -2.52. The highest BCUT2D eigenvalue weighted by atomic mass is 35.5. The van der Waals surface area contributed by atoms with E-state index in [1.807, 2.05) is 36.1 Å². The van der Waals surface area contributed by atoms with Crippen LogP contribution in [0.3, 0.4) is 0 Å². The van der Waals surface area contributed by atoms with E-state index in [-0.39, 0.29) is 6.04 Å². The van der Waals surface area contributed by atoms with Crippen molar-refractivity contribution in [1.29, 1.82) is 0 Å². The summed E-state index contributed by atoms with van der Waals surface area (Å²) in [6, 6.07) is 7.43. The molecule has 0 spiro atoms. The topological polar surface area (TPSA) is 43.8 Å². The number of hydrogen-bond donors (Lipinski definition) is 1. The van der Waals surface area contributed by atoms with Crippen molar-refractivity contribution < 1.29 is 9.90 Å². The Balaban J connectivity index is 1.97. The number of carbonyl (C=O) groups is 1. The van der Waals surface area contributed by atoms with E-state index in [2.05, 4.69) is 4.90 Å². The Labute approximate surface area is 118 Å². The standard InChI is InChI=1S/C14H19ClN2O2/c1-2-13(14(18)19)17-8-6-16(7-9-17)12-5-3-4-11(15)10-12/h3-5,10,13H,2,6-9H2,1H3,(H,18,19)/t13-/m0/s1. The highest BCUT2D eigenvalue weighted by Gasteiger charge is 2.27. The molecule has 0 amide bonds. The minimum atomic E-state index is -0.723. The molecule has 0 bridgehead atoms. The average Bonchev–Trinajstić information content (AvgIpc) is 2.40. The van der Waals surface area contributed by atoms with Gasteiger partial charge in [0.1, 0.15) is 6.04 Å². The summed E-state index contributed by atoms with van der Waals surface area (Å²) in [5.41, 5.74) is 1.11. The molecule has 2 rings (SSSR count). The third-order valence-electron chi connectivity index (χ3n) is 3.60. The minimum absolute atomic E-state index is 0.360. The largest absolute Gasteiger partial charge is 0.480 e. The molecule has 1 aliphatic rings. The van der Waals surface area contributed by atoms with E-state index in [4.69, 9.17) is 11.6 Å². The molecule has 1 N–H and O–H groups in total. The van der Waals surface area contributed by atoms with E-state index < -0.39 is 5.97 Å². The van der Waals surface area contributed by atoms with Gasteiger partial charge in [-0.15, -0.1) is 0 Å². The summed E-state index contributed by atoms with van der Waals surface area (Å²) in [6.45, 7) is 5.14. The van der Waals surface area contributed by atoms with Gasteiger partial charge in [0.05, 0.1) is 0 Å². The lowest BCUT2D eigenvalue weighted by atomic mass is 10.1. The quantitative estimate of drug-likeness (QED) is 0.920. The van der Waals surface area contributed by atoms with Crippen LogP contribution in [0.2, 0.25) is 5.02 Å². The summed E-state index contributed by atoms with van der Waals surface area (Å²) in [5.74, 6) is -0.723. The summed E-state index contributed by atoms with van der Waals surface area (Å²) in [6.07, 6.45) is 0.645. The SMILES string of the molecule is CC[C@@H](C(=O)O)N1CCN(c2cccc(Cl)c2)CC1. The Kier molecular flexibility index (Phi) is 4.66. The zero-order valence-electron chi connectivity index (χ0n) is 11.1. The van der Waals surface area contributed by atoms with E-state index >= 15 is 0 Å². The first-order valence-electron chi connectivity index (χ1n) is 6.59. The molecule has 1 fully saturated rings. The van der Waals surface area contributed by atoms with Crippen LogP contribution in [0, 0.1) is 0 Å². The molecule has 1 saturated heterocycles. The smallest absolute Gasteiger partial charge is 0.320 e. The first-order chi connectivity index (χ1) is 9.11. The molecule has 1 aliphatic heterocycles. The number of carboxylic acids is 1. The molecule has 5 heteroatoms. The third-order valence-corrected chi connectivity index (χ3v) is 3.84. The Morgan fingerprint density at radius 3 is 2.58 bits per heavy atom. The second kappa shape index (κ2) is 6.26. The van der Waals surface area contributed by atoms with Gasteiger partial charge in [0.25, 0.3) is 0 Å². The van der Waals surface area contributed by atoms with Gasteiger partial charge in [-0.2, -0.15) is 0 Å². The fourth-order valence-electron chi connectivity index (χ4n) is 2.55. The maximum absolute atomic E-state index is 11.2. The van der Waals surface area contributed by atoms with Gasteiger partial charge in [-0.1, -0.05) is 24.6 Å². The fraction of sp³-hybridized carbons (Fsp3) is 0.500. The van der Waals surface area contributed by atoms with Crippen molar-refractivity contribution in [2.45, 2.75) is 19.4 Å². The fourth-order valence-corrected chi connectivity index (χ4v) is 2.74. The van der Waals surface area contributed by atoms with Gasteiger partial charge in [-0.05, 0) is 24.6 Å². The maximum atomic E-state index is 11.2. The molecule has 4 nitrogen and oxygen atoms in total. The van der Waals surface area contributed by atoms with Crippen molar-refractivity contribution in [3.8, 4) is 0 Å². The van der Waals surface area contributed by atoms with Gasteiger partial charge in [-0.25, -0.2) is 0 Å². The summed E-state index contributed by atoms with van der Waals surface area (Å²) in [4.78, 5) is 15.4. The zero-order valence-corrected chi connectivity index (χ0v) is 11.8. The van der Waals surface area contributed by atoms with E-state index in [1.54, 1.807) is 0 Å². The summed E-state index contributed by atoms with van der Waals surface area (Å²) in [5, 5.41) is 9.91. The van der Waals surface area contributed by atoms with Crippen LogP contribution in [0.5, 0.6) is 0 Å². The zero-order chi connectivity index (χ0) is 13.8. The molecule has 19 heavy (non-hydrogen) atoms. The normalized spacial score (nSPS) is 18.3. The number of anilines is 1. The summed E-state index contributed by atoms with van der Waals surface area (Å²) < 4.78 is 0. The van der Waals surface area contributed by atoms with Crippen molar-refractivity contribution in [3.05, 3.63) is 29.3 Å². The number of aliphatic carboxylic acids is 1. The number of halogens is 1. The van der Waals surface area contributed by atoms with Crippen LogP contribution < -0.4 is 4.90 Å². The number of hydrogen-bond acceptors (Lipinski definition) is 3. The van der Waals surface area contributed by atoms with Crippen LogP contribution in [0.25, 0.3) is 0 Å².